The molecule has 0 atom stereocenters. The molecule has 1 N–H and O–H groups in total. The molecule has 7 heteroatoms. The second-order valence-electron chi connectivity index (χ2n) is 8.02. The van der Waals surface area contributed by atoms with Crippen LogP contribution in [0.15, 0.2) is 103 Å². The van der Waals surface area contributed by atoms with Crippen LogP contribution in [-0.4, -0.2) is 18.5 Å². The first-order valence-electron chi connectivity index (χ1n) is 11.6. The molecule has 37 heavy (non-hydrogen) atoms. The van der Waals surface area contributed by atoms with E-state index in [0.717, 1.165) is 11.1 Å². The topological polar surface area (TPSA) is 97.6 Å². The van der Waals surface area contributed by atoms with Crippen molar-refractivity contribution in [2.45, 2.75) is 13.2 Å². The molecule has 1 amide bonds. The molecular weight excluding hydrogens is 468 g/mol. The fourth-order valence-corrected chi connectivity index (χ4v) is 3.38. The summed E-state index contributed by atoms with van der Waals surface area (Å²) in [7, 11) is 0. The van der Waals surface area contributed by atoms with E-state index in [1.807, 2.05) is 60.7 Å². The van der Waals surface area contributed by atoms with Crippen LogP contribution in [0, 0.1) is 11.3 Å². The number of nitrogens with one attached hydrogen (secondary N) is 1. The number of ether oxygens (including phenoxy) is 3. The summed E-state index contributed by atoms with van der Waals surface area (Å²) in [4.78, 5) is 24.8. The van der Waals surface area contributed by atoms with Gasteiger partial charge in [0.15, 0.2) is 18.1 Å². The van der Waals surface area contributed by atoms with Gasteiger partial charge in [-0.1, -0.05) is 60.7 Å². The van der Waals surface area contributed by atoms with Crippen LogP contribution in [0.2, 0.25) is 0 Å². The Labute approximate surface area is 214 Å². The highest BCUT2D eigenvalue weighted by Crippen LogP contribution is 2.29. The van der Waals surface area contributed by atoms with E-state index < -0.39 is 11.9 Å². The van der Waals surface area contributed by atoms with Crippen molar-refractivity contribution in [2.75, 3.05) is 11.9 Å². The summed E-state index contributed by atoms with van der Waals surface area (Å²) < 4.78 is 16.8. The van der Waals surface area contributed by atoms with Crippen molar-refractivity contribution in [1.82, 2.24) is 0 Å². The van der Waals surface area contributed by atoms with Gasteiger partial charge in [-0.3, -0.25) is 4.79 Å². The summed E-state index contributed by atoms with van der Waals surface area (Å²) in [6.45, 7) is 0.201. The molecule has 0 unspecified atom stereocenters. The Morgan fingerprint density at radius 1 is 0.730 bits per heavy atom. The standard InChI is InChI=1S/C30H24N2O5/c31-18-24-11-16-27(35-19-22-7-3-1-4-8-22)28(17-24)36-21-29(33)32-26-14-12-25(13-15-26)30(34)37-20-23-9-5-2-6-10-23/h1-17H,19-21H2,(H,32,33). The molecule has 0 radical (unpaired) electrons. The smallest absolute Gasteiger partial charge is 0.338 e. The summed E-state index contributed by atoms with van der Waals surface area (Å²) in [5.74, 6) is -0.142. The van der Waals surface area contributed by atoms with Crippen LogP contribution in [0.4, 0.5) is 5.69 Å². The Balaban J connectivity index is 1.30. The van der Waals surface area contributed by atoms with E-state index >= 15 is 0 Å². The van der Waals surface area contributed by atoms with Gasteiger partial charge in [0.25, 0.3) is 5.91 Å². The third-order valence-electron chi connectivity index (χ3n) is 5.29. The first kappa shape index (κ1) is 25.0. The monoisotopic (exact) mass is 492 g/mol. The van der Waals surface area contributed by atoms with Gasteiger partial charge in [-0.2, -0.15) is 5.26 Å². The zero-order valence-corrected chi connectivity index (χ0v) is 19.9. The Hall–Kier alpha value is -5.09. The maximum absolute atomic E-state index is 12.5. The Kier molecular flexibility index (Phi) is 8.50. The van der Waals surface area contributed by atoms with Gasteiger partial charge < -0.3 is 19.5 Å². The molecule has 0 aliphatic carbocycles. The zero-order valence-electron chi connectivity index (χ0n) is 19.9. The van der Waals surface area contributed by atoms with Crippen LogP contribution in [0.3, 0.4) is 0 Å². The number of nitriles is 1. The van der Waals surface area contributed by atoms with Gasteiger partial charge in [-0.05, 0) is 47.5 Å². The van der Waals surface area contributed by atoms with E-state index in [4.69, 9.17) is 14.2 Å². The van der Waals surface area contributed by atoms with E-state index in [-0.39, 0.29) is 13.2 Å². The van der Waals surface area contributed by atoms with Crippen LogP contribution in [0.1, 0.15) is 27.0 Å². The average molecular weight is 493 g/mol. The molecule has 4 aromatic rings. The molecule has 0 aliphatic heterocycles. The van der Waals surface area contributed by atoms with Gasteiger partial charge in [-0.25, -0.2) is 4.79 Å². The number of carbonyl (C=O) groups excluding carboxylic acids is 2. The third-order valence-corrected chi connectivity index (χ3v) is 5.29. The summed E-state index contributed by atoms with van der Waals surface area (Å²) in [6.07, 6.45) is 0. The Bertz CT molecular complexity index is 1380. The molecule has 0 saturated heterocycles. The largest absolute Gasteiger partial charge is 0.485 e. The zero-order chi connectivity index (χ0) is 25.9. The van der Waals surface area contributed by atoms with Crippen LogP contribution in [0.5, 0.6) is 11.5 Å². The van der Waals surface area contributed by atoms with Gasteiger partial charge in [-0.15, -0.1) is 0 Å². The molecule has 0 fully saturated rings. The molecule has 184 valence electrons. The fourth-order valence-electron chi connectivity index (χ4n) is 3.38. The maximum Gasteiger partial charge on any atom is 0.338 e. The van der Waals surface area contributed by atoms with Gasteiger partial charge in [0, 0.05) is 11.8 Å². The molecule has 0 heterocycles. The average Bonchev–Trinajstić information content (AvgIpc) is 2.95. The molecule has 4 rings (SSSR count). The molecule has 7 nitrogen and oxygen atoms in total. The van der Waals surface area contributed by atoms with Crippen LogP contribution in [0.25, 0.3) is 0 Å². The second-order valence-corrected chi connectivity index (χ2v) is 8.02. The van der Waals surface area contributed by atoms with Crippen molar-refractivity contribution in [1.29, 1.82) is 5.26 Å². The van der Waals surface area contributed by atoms with Crippen molar-refractivity contribution >= 4 is 17.6 Å². The van der Waals surface area contributed by atoms with Crippen LogP contribution in [-0.2, 0) is 22.7 Å². The minimum absolute atomic E-state index is 0.180. The lowest BCUT2D eigenvalue weighted by Crippen LogP contribution is -2.20. The Morgan fingerprint density at radius 2 is 1.38 bits per heavy atom. The second kappa shape index (κ2) is 12.6. The SMILES string of the molecule is N#Cc1ccc(OCc2ccccc2)c(OCC(=O)Nc2ccc(C(=O)OCc3ccccc3)cc2)c1. The number of amides is 1. The number of anilines is 1. The van der Waals surface area contributed by atoms with E-state index in [1.54, 1.807) is 36.4 Å². The van der Waals surface area contributed by atoms with Crippen molar-refractivity contribution in [3.05, 3.63) is 125 Å². The summed E-state index contributed by atoms with van der Waals surface area (Å²) >= 11 is 0. The quantitative estimate of drug-likeness (QED) is 0.293. The van der Waals surface area contributed by atoms with Crippen molar-refractivity contribution in [3.63, 3.8) is 0 Å². The lowest BCUT2D eigenvalue weighted by molar-refractivity contribution is -0.118. The first-order valence-corrected chi connectivity index (χ1v) is 11.6. The molecule has 0 aliphatic rings. The van der Waals surface area contributed by atoms with Crippen molar-refractivity contribution in [3.8, 4) is 17.6 Å². The molecule has 0 aromatic heterocycles. The normalized spacial score (nSPS) is 10.1. The number of benzene rings is 4. The number of hydrogen-bond donors (Lipinski definition) is 1. The van der Waals surface area contributed by atoms with Crippen LogP contribution < -0.4 is 14.8 Å². The number of hydrogen-bond acceptors (Lipinski definition) is 6. The van der Waals surface area contributed by atoms with E-state index in [9.17, 15) is 14.9 Å². The highest BCUT2D eigenvalue weighted by molar-refractivity contribution is 5.93. The minimum Gasteiger partial charge on any atom is -0.485 e. The van der Waals surface area contributed by atoms with E-state index in [1.165, 1.54) is 6.07 Å². The third kappa shape index (κ3) is 7.44. The molecule has 0 bridgehead atoms. The fraction of sp³-hybridized carbons (Fsp3) is 0.100. The van der Waals surface area contributed by atoms with Crippen LogP contribution >= 0.6 is 0 Å². The van der Waals surface area contributed by atoms with Crippen molar-refractivity contribution < 1.29 is 23.8 Å². The summed E-state index contributed by atoms with van der Waals surface area (Å²) in [5.41, 5.74) is 3.13. The summed E-state index contributed by atoms with van der Waals surface area (Å²) in [5, 5.41) is 11.9. The molecule has 0 saturated carbocycles. The van der Waals surface area contributed by atoms with Gasteiger partial charge in [0.05, 0.1) is 17.2 Å². The number of nitrogens with zero attached hydrogens (tertiary/aromatic N) is 1. The first-order chi connectivity index (χ1) is 18.1. The summed E-state index contributed by atoms with van der Waals surface area (Å²) in [6, 6.07) is 32.3. The number of esters is 1. The predicted molar refractivity (Wildman–Crippen MR) is 138 cm³/mol. The molecular formula is C30H24N2O5. The van der Waals surface area contributed by atoms with Gasteiger partial charge in [0.1, 0.15) is 13.2 Å². The maximum atomic E-state index is 12.5. The van der Waals surface area contributed by atoms with E-state index in [0.29, 0.717) is 34.9 Å². The van der Waals surface area contributed by atoms with Crippen molar-refractivity contribution in [2.24, 2.45) is 0 Å². The minimum atomic E-state index is -0.453. The number of carbonyl (C=O) groups is 2. The van der Waals surface area contributed by atoms with Gasteiger partial charge in [0.2, 0.25) is 0 Å². The molecule has 0 spiro atoms. The highest BCUT2D eigenvalue weighted by atomic mass is 16.5. The Morgan fingerprint density at radius 3 is 2.03 bits per heavy atom. The lowest BCUT2D eigenvalue weighted by atomic mass is 10.2. The lowest BCUT2D eigenvalue weighted by Gasteiger charge is -2.13. The van der Waals surface area contributed by atoms with E-state index in [2.05, 4.69) is 11.4 Å². The highest BCUT2D eigenvalue weighted by Gasteiger charge is 2.12. The predicted octanol–water partition coefficient (Wildman–Crippen LogP) is 5.51. The van der Waals surface area contributed by atoms with Gasteiger partial charge >= 0.3 is 5.97 Å². The molecule has 4 aromatic carbocycles. The number of rotatable bonds is 10.